The van der Waals surface area contributed by atoms with Crippen LogP contribution in [0.1, 0.15) is 17.8 Å². The van der Waals surface area contributed by atoms with Crippen LogP contribution in [0.15, 0.2) is 40.9 Å². The minimum Gasteiger partial charge on any atom is -0.483 e. The first-order valence-corrected chi connectivity index (χ1v) is 8.63. The summed E-state index contributed by atoms with van der Waals surface area (Å²) in [6.45, 7) is 2.98. The van der Waals surface area contributed by atoms with Gasteiger partial charge in [-0.05, 0) is 19.2 Å². The molecule has 4 rings (SSSR count). The number of nitrogens with one attached hydrogen (secondary N) is 1. The topological polar surface area (TPSA) is 63.4 Å². The highest BCUT2D eigenvalue weighted by Crippen LogP contribution is 2.31. The van der Waals surface area contributed by atoms with E-state index in [0.29, 0.717) is 16.7 Å². The van der Waals surface area contributed by atoms with Crippen LogP contribution in [-0.4, -0.2) is 41.7 Å². The lowest BCUT2D eigenvalue weighted by atomic mass is 10.1. The monoisotopic (exact) mass is 358 g/mol. The van der Waals surface area contributed by atoms with E-state index in [2.05, 4.69) is 27.4 Å². The van der Waals surface area contributed by atoms with Gasteiger partial charge in [-0.1, -0.05) is 41.0 Å². The van der Waals surface area contributed by atoms with Crippen LogP contribution in [0.4, 0.5) is 0 Å². The Hall–Kier alpha value is -2.15. The average Bonchev–Trinajstić information content (AvgIpc) is 3.11. The predicted octanol–water partition coefficient (Wildman–Crippen LogP) is 3.03. The van der Waals surface area contributed by atoms with Crippen LogP contribution in [-0.2, 0) is 6.61 Å². The molecule has 1 aliphatic rings. The third-order valence-electron chi connectivity index (χ3n) is 4.47. The van der Waals surface area contributed by atoms with E-state index in [1.165, 1.54) is 0 Å². The number of rotatable bonds is 4. The van der Waals surface area contributed by atoms with Crippen molar-refractivity contribution in [3.8, 4) is 5.75 Å². The van der Waals surface area contributed by atoms with E-state index in [4.69, 9.17) is 20.9 Å². The first-order valence-electron chi connectivity index (χ1n) is 8.26. The zero-order chi connectivity index (χ0) is 17.2. The molecule has 6 nitrogen and oxygen atoms in total. The van der Waals surface area contributed by atoms with Crippen LogP contribution >= 0.6 is 11.6 Å². The van der Waals surface area contributed by atoms with Crippen molar-refractivity contribution in [3.63, 3.8) is 0 Å². The highest BCUT2D eigenvalue weighted by molar-refractivity contribution is 6.35. The number of halogens is 1. The van der Waals surface area contributed by atoms with E-state index in [0.717, 1.165) is 36.2 Å². The van der Waals surface area contributed by atoms with Crippen molar-refractivity contribution in [3.05, 3.63) is 53.1 Å². The van der Waals surface area contributed by atoms with Gasteiger partial charge in [-0.2, -0.15) is 4.98 Å². The molecule has 1 atom stereocenters. The van der Waals surface area contributed by atoms with Gasteiger partial charge in [-0.15, -0.1) is 0 Å². The molecular weight excluding hydrogens is 340 g/mol. The summed E-state index contributed by atoms with van der Waals surface area (Å²) in [6.07, 6.45) is 0. The number of likely N-dealkylation sites (N-methyl/N-ethyl adjacent to an activating group) is 1. The van der Waals surface area contributed by atoms with E-state index in [1.54, 1.807) is 0 Å². The standard InChI is InChI=1S/C18H19ClN4O2/c1-23-9-8-20-10-15(23)18-21-17(25-22-18)11-24-16-7-6-14(19)12-4-2-3-5-13(12)16/h2-7,15,20H,8-11H2,1H3. The quantitative estimate of drug-likeness (QED) is 0.773. The molecule has 25 heavy (non-hydrogen) atoms. The van der Waals surface area contributed by atoms with E-state index in [-0.39, 0.29) is 12.6 Å². The summed E-state index contributed by atoms with van der Waals surface area (Å²) in [5.41, 5.74) is 0. The van der Waals surface area contributed by atoms with E-state index in [9.17, 15) is 0 Å². The third kappa shape index (κ3) is 3.33. The Morgan fingerprint density at radius 3 is 2.96 bits per heavy atom. The number of hydrogen-bond acceptors (Lipinski definition) is 6. The lowest BCUT2D eigenvalue weighted by molar-refractivity contribution is 0.189. The maximum Gasteiger partial charge on any atom is 0.264 e. The van der Waals surface area contributed by atoms with Crippen LogP contribution in [0.5, 0.6) is 5.75 Å². The molecule has 0 spiro atoms. The van der Waals surface area contributed by atoms with Gasteiger partial charge in [0.05, 0.1) is 6.04 Å². The SMILES string of the molecule is CN1CCNCC1c1noc(COc2ccc(Cl)c3ccccc23)n1. The van der Waals surface area contributed by atoms with Crippen molar-refractivity contribution in [1.29, 1.82) is 0 Å². The Morgan fingerprint density at radius 1 is 1.28 bits per heavy atom. The molecule has 0 aliphatic carbocycles. The van der Waals surface area contributed by atoms with Gasteiger partial charge in [0, 0.05) is 35.4 Å². The van der Waals surface area contributed by atoms with Crippen molar-refractivity contribution in [1.82, 2.24) is 20.4 Å². The van der Waals surface area contributed by atoms with Gasteiger partial charge in [0.2, 0.25) is 0 Å². The molecule has 1 unspecified atom stereocenters. The fourth-order valence-corrected chi connectivity index (χ4v) is 3.28. The van der Waals surface area contributed by atoms with E-state index >= 15 is 0 Å². The van der Waals surface area contributed by atoms with Gasteiger partial charge >= 0.3 is 0 Å². The molecule has 1 aliphatic heterocycles. The molecule has 0 amide bonds. The smallest absolute Gasteiger partial charge is 0.264 e. The summed E-state index contributed by atoms with van der Waals surface area (Å²) in [7, 11) is 2.07. The van der Waals surface area contributed by atoms with Crippen molar-refractivity contribution in [2.45, 2.75) is 12.6 Å². The van der Waals surface area contributed by atoms with E-state index in [1.807, 2.05) is 36.4 Å². The zero-order valence-corrected chi connectivity index (χ0v) is 14.7. The summed E-state index contributed by atoms with van der Waals surface area (Å²) in [5.74, 6) is 1.90. The Morgan fingerprint density at radius 2 is 2.12 bits per heavy atom. The van der Waals surface area contributed by atoms with Gasteiger partial charge in [0.1, 0.15) is 5.75 Å². The molecule has 1 saturated heterocycles. The van der Waals surface area contributed by atoms with E-state index < -0.39 is 0 Å². The van der Waals surface area contributed by atoms with Crippen molar-refractivity contribution in [2.24, 2.45) is 0 Å². The number of nitrogens with zero attached hydrogens (tertiary/aromatic N) is 3. The summed E-state index contributed by atoms with van der Waals surface area (Å²) in [6, 6.07) is 11.7. The molecule has 0 radical (unpaired) electrons. The second-order valence-electron chi connectivity index (χ2n) is 6.13. The molecule has 0 bridgehead atoms. The fourth-order valence-electron chi connectivity index (χ4n) is 3.06. The molecule has 7 heteroatoms. The molecule has 1 fully saturated rings. The van der Waals surface area contributed by atoms with Gasteiger partial charge < -0.3 is 14.6 Å². The minimum absolute atomic E-state index is 0.127. The molecule has 1 aromatic heterocycles. The van der Waals surface area contributed by atoms with Gasteiger partial charge in [-0.25, -0.2) is 0 Å². The fraction of sp³-hybridized carbons (Fsp3) is 0.333. The number of fused-ring (bicyclic) bond motifs is 1. The first-order chi connectivity index (χ1) is 12.2. The Kier molecular flexibility index (Phi) is 4.57. The lowest BCUT2D eigenvalue weighted by Crippen LogP contribution is -2.44. The number of benzene rings is 2. The highest BCUT2D eigenvalue weighted by atomic mass is 35.5. The Labute approximate surface area is 150 Å². The first kappa shape index (κ1) is 16.3. The number of ether oxygens (including phenoxy) is 1. The normalized spacial score (nSPS) is 18.6. The maximum atomic E-state index is 6.24. The number of aromatic nitrogens is 2. The maximum absolute atomic E-state index is 6.24. The summed E-state index contributed by atoms with van der Waals surface area (Å²) in [5, 5.41) is 10.1. The molecule has 2 aromatic carbocycles. The second-order valence-corrected chi connectivity index (χ2v) is 6.53. The molecule has 1 N–H and O–H groups in total. The van der Waals surface area contributed by atoms with Gasteiger partial charge in [0.15, 0.2) is 12.4 Å². The van der Waals surface area contributed by atoms with Crippen LogP contribution in [0.25, 0.3) is 10.8 Å². The lowest BCUT2D eigenvalue weighted by Gasteiger charge is -2.30. The predicted molar refractivity (Wildman–Crippen MR) is 95.8 cm³/mol. The Balaban J connectivity index is 1.50. The van der Waals surface area contributed by atoms with Gasteiger partial charge in [0.25, 0.3) is 5.89 Å². The molecule has 130 valence electrons. The minimum atomic E-state index is 0.127. The van der Waals surface area contributed by atoms with Crippen molar-refractivity contribution >= 4 is 22.4 Å². The van der Waals surface area contributed by atoms with Crippen molar-refractivity contribution in [2.75, 3.05) is 26.7 Å². The van der Waals surface area contributed by atoms with Crippen LogP contribution in [0.3, 0.4) is 0 Å². The number of hydrogen-bond donors (Lipinski definition) is 1. The third-order valence-corrected chi connectivity index (χ3v) is 4.80. The molecular formula is C18H19ClN4O2. The number of piperazine rings is 1. The van der Waals surface area contributed by atoms with Crippen molar-refractivity contribution < 1.29 is 9.26 Å². The zero-order valence-electron chi connectivity index (χ0n) is 13.9. The summed E-state index contributed by atoms with van der Waals surface area (Å²) >= 11 is 6.24. The molecule has 3 aromatic rings. The second kappa shape index (κ2) is 7.00. The highest BCUT2D eigenvalue weighted by Gasteiger charge is 2.25. The summed E-state index contributed by atoms with van der Waals surface area (Å²) in [4.78, 5) is 6.71. The Bertz CT molecular complexity index is 882. The molecule has 2 heterocycles. The average molecular weight is 359 g/mol. The molecule has 0 saturated carbocycles. The van der Waals surface area contributed by atoms with Gasteiger partial charge in [-0.3, -0.25) is 4.90 Å². The van der Waals surface area contributed by atoms with Crippen LogP contribution < -0.4 is 10.1 Å². The van der Waals surface area contributed by atoms with Crippen LogP contribution in [0, 0.1) is 0 Å². The summed E-state index contributed by atoms with van der Waals surface area (Å²) < 4.78 is 11.3. The van der Waals surface area contributed by atoms with Crippen LogP contribution in [0.2, 0.25) is 5.02 Å². The largest absolute Gasteiger partial charge is 0.483 e.